The molecule has 0 spiro atoms. The van der Waals surface area contributed by atoms with E-state index in [1.54, 1.807) is 0 Å². The average molecular weight is 801 g/mol. The molecule has 33 N–H and O–H groups in total. The van der Waals surface area contributed by atoms with Crippen LogP contribution in [-0.4, -0.2) is 260 Å². The molecule has 1 aromatic rings. The van der Waals surface area contributed by atoms with Crippen LogP contribution in [0.4, 0.5) is 5.69 Å². The number of nitrogens with zero attached hydrogens (tertiary/aromatic N) is 1. The fourth-order valence-corrected chi connectivity index (χ4v) is 0.726. The normalized spacial score (nSPS) is 7.15. The second-order valence-electron chi connectivity index (χ2n) is 6.04. The lowest BCUT2D eigenvalue weighted by Gasteiger charge is -2.10. The highest BCUT2D eigenvalue weighted by atomic mass is 16.6. The molecule has 0 radical (unpaired) electrons. The fraction of sp³-hybridized carbons (Fsp3) is 0.250. The summed E-state index contributed by atoms with van der Waals surface area (Å²) in [5.41, 5.74) is 1.25. The van der Waals surface area contributed by atoms with Gasteiger partial charge in [0.15, 0.2) is 0 Å². The number of benzene rings is 1. The molecule has 0 unspecified atom stereocenters. The molecular weight excluding hydrogens is 757 g/mol. The summed E-state index contributed by atoms with van der Waals surface area (Å²) < 4.78 is 0. The van der Waals surface area contributed by atoms with Crippen molar-refractivity contribution in [3.05, 3.63) is 30.3 Å². The van der Waals surface area contributed by atoms with Crippen LogP contribution in [0.25, 0.3) is 0 Å². The van der Waals surface area contributed by atoms with Gasteiger partial charge in [-0.05, 0) is 12.1 Å². The van der Waals surface area contributed by atoms with Gasteiger partial charge in [0.1, 0.15) is 0 Å². The van der Waals surface area contributed by atoms with Crippen LogP contribution < -0.4 is 4.90 Å². The molecule has 45 heteroatoms. The van der Waals surface area contributed by atoms with Gasteiger partial charge >= 0.3 is 80.5 Å². The van der Waals surface area contributed by atoms with Gasteiger partial charge in [0.25, 0.3) is 0 Å². The van der Waals surface area contributed by atoms with Crippen LogP contribution >= 0.6 is 0 Å². The lowest BCUT2D eigenvalue weighted by molar-refractivity contribution is 0.276. The maximum atomic E-state index is 7.17. The molecule has 0 atom stereocenters. The van der Waals surface area contributed by atoms with Crippen molar-refractivity contribution in [1.29, 1.82) is 0 Å². The molecule has 0 fully saturated rings. The monoisotopic (exact) mass is 803 g/mol. The zero-order valence-corrected chi connectivity index (χ0v) is 26.9. The molecule has 1 aromatic carbocycles. The number of hydrogen-bond acceptors (Lipinski definition) is 34. The minimum atomic E-state index is -2.17. The molecule has 0 saturated heterocycles. The number of para-hydroxylation sites is 1. The Hall–Kier alpha value is -1.59. The van der Waals surface area contributed by atoms with E-state index in [-0.39, 0.29) is 0 Å². The molecule has 0 aliphatic heterocycles. The van der Waals surface area contributed by atoms with Crippen LogP contribution in [-0.2, 0) is 0 Å². The summed E-state index contributed by atoms with van der Waals surface area (Å²) in [6.07, 6.45) is 0. The summed E-state index contributed by atoms with van der Waals surface area (Å²) in [4.78, 5) is 2.08. The molecule has 0 saturated carbocycles. The van der Waals surface area contributed by atoms with E-state index < -0.39 is 80.5 Å². The minimum Gasteiger partial charge on any atom is -0.402 e. The van der Waals surface area contributed by atoms with Crippen LogP contribution in [0.2, 0.25) is 0 Å². The Morgan fingerprint density at radius 2 is 0.340 bits per heavy atom. The van der Waals surface area contributed by atoms with Crippen molar-refractivity contribution in [2.24, 2.45) is 0 Å². The van der Waals surface area contributed by atoms with Crippen molar-refractivity contribution in [2.75, 3.05) is 19.0 Å². The van der Waals surface area contributed by atoms with Gasteiger partial charge in [0.05, 0.1) is 0 Å². The predicted molar refractivity (Wildman–Crippen MR) is 177 cm³/mol. The van der Waals surface area contributed by atoms with Crippen molar-refractivity contribution in [3.63, 3.8) is 0 Å². The first-order valence-electron chi connectivity index (χ1n) is 11.5. The van der Waals surface area contributed by atoms with Gasteiger partial charge in [0.2, 0.25) is 0 Å². The Morgan fingerprint density at radius 3 is 0.396 bits per heavy atom. The van der Waals surface area contributed by atoms with Gasteiger partial charge < -0.3 is 171 Å². The highest BCUT2D eigenvalue weighted by Crippen LogP contribution is 2.07. The maximum absolute atomic E-state index is 7.17. The summed E-state index contributed by atoms with van der Waals surface area (Å²) in [6.45, 7) is 0. The Balaban J connectivity index is -0.0000000410. The molecular formula is C8H44B11NO33. The minimum absolute atomic E-state index is 1.25. The second kappa shape index (κ2) is 68.4. The molecule has 0 amide bonds. The third kappa shape index (κ3) is 1090. The van der Waals surface area contributed by atoms with Crippen LogP contribution in [0.1, 0.15) is 0 Å². The van der Waals surface area contributed by atoms with Crippen LogP contribution in [0, 0.1) is 0 Å². The van der Waals surface area contributed by atoms with E-state index in [2.05, 4.69) is 17.0 Å². The molecule has 53 heavy (non-hydrogen) atoms. The maximum Gasteiger partial charge on any atom is 0.631 e. The SMILES string of the molecule is CN(C)c1ccccc1.OB(O)O.OB(O)O.OB(O)O.OB(O)O.OB(O)O.OB(O)O.OB(O)O.OB(O)O.OB(O)O.OB(O)O.OB(O)O. The first-order valence-corrected chi connectivity index (χ1v) is 11.5. The smallest absolute Gasteiger partial charge is 0.402 e. The molecule has 0 aliphatic carbocycles. The van der Waals surface area contributed by atoms with Crippen molar-refractivity contribution in [3.8, 4) is 0 Å². The van der Waals surface area contributed by atoms with Crippen LogP contribution in [0.5, 0.6) is 0 Å². The van der Waals surface area contributed by atoms with Gasteiger partial charge in [0, 0.05) is 19.8 Å². The first-order chi connectivity index (χ1) is 23.4. The largest absolute Gasteiger partial charge is 0.631 e. The van der Waals surface area contributed by atoms with Crippen LogP contribution in [0.3, 0.4) is 0 Å². The molecule has 0 heterocycles. The number of rotatable bonds is 1. The average Bonchev–Trinajstić information content (AvgIpc) is 2.81. The number of anilines is 1. The van der Waals surface area contributed by atoms with Crippen molar-refractivity contribution in [1.82, 2.24) is 0 Å². The molecule has 1 rings (SSSR count). The van der Waals surface area contributed by atoms with E-state index in [4.69, 9.17) is 166 Å². The Labute approximate surface area is 301 Å². The van der Waals surface area contributed by atoms with Crippen molar-refractivity contribution < 1.29 is 166 Å². The third-order valence-corrected chi connectivity index (χ3v) is 1.27. The highest BCUT2D eigenvalue weighted by molar-refractivity contribution is 6.32. The zero-order chi connectivity index (χ0) is 46.0. The Kier molecular flexibility index (Phi) is 103. The van der Waals surface area contributed by atoms with Crippen molar-refractivity contribution in [2.45, 2.75) is 0 Å². The van der Waals surface area contributed by atoms with E-state index in [0.717, 1.165) is 0 Å². The summed E-state index contributed by atoms with van der Waals surface area (Å²) in [6, 6.07) is 10.3. The second-order valence-corrected chi connectivity index (χ2v) is 6.04. The van der Waals surface area contributed by atoms with Gasteiger partial charge in [-0.1, -0.05) is 18.2 Å². The molecule has 312 valence electrons. The Bertz CT molecular complexity index is 510. The predicted octanol–water partition coefficient (Wildman–Crippen LogP) is -20.8. The van der Waals surface area contributed by atoms with Crippen LogP contribution in [0.15, 0.2) is 30.3 Å². The van der Waals surface area contributed by atoms with E-state index in [9.17, 15) is 0 Å². The molecule has 0 aliphatic rings. The van der Waals surface area contributed by atoms with E-state index in [0.29, 0.717) is 0 Å². The lowest BCUT2D eigenvalue weighted by Crippen LogP contribution is -2.07. The molecule has 0 bridgehead atoms. The quantitative estimate of drug-likeness (QED) is 0.117. The Morgan fingerprint density at radius 1 is 0.245 bits per heavy atom. The molecule has 0 aromatic heterocycles. The summed E-state index contributed by atoms with van der Waals surface area (Å²) >= 11 is 0. The third-order valence-electron chi connectivity index (χ3n) is 1.27. The highest BCUT2D eigenvalue weighted by Gasteiger charge is 1.96. The van der Waals surface area contributed by atoms with Gasteiger partial charge in [-0.15, -0.1) is 0 Å². The van der Waals surface area contributed by atoms with Gasteiger partial charge in [-0.3, -0.25) is 0 Å². The van der Waals surface area contributed by atoms with E-state index in [1.165, 1.54) is 5.69 Å². The summed E-state index contributed by atoms with van der Waals surface area (Å²) in [7, 11) is -19.8. The zero-order valence-electron chi connectivity index (χ0n) is 26.9. The van der Waals surface area contributed by atoms with Gasteiger partial charge in [-0.25, -0.2) is 0 Å². The van der Waals surface area contributed by atoms with E-state index >= 15 is 0 Å². The fourth-order valence-electron chi connectivity index (χ4n) is 0.726. The topological polar surface area (TPSA) is 671 Å². The summed E-state index contributed by atoms with van der Waals surface area (Å²) in [5.74, 6) is 0. The lowest BCUT2D eigenvalue weighted by atomic mass is 10.3. The standard InChI is InChI=1S/C8H11N.11BH3O3/c1-9(2)8-6-4-3-5-7-8;11*2-1(3)4/h3-7H,1-2H3;11*2-4H. The summed E-state index contributed by atoms with van der Waals surface area (Å²) in [5, 5.41) is 236. The number of hydrogen-bond donors (Lipinski definition) is 33. The van der Waals surface area contributed by atoms with E-state index in [1.807, 2.05) is 32.3 Å². The first kappa shape index (κ1) is 80.0. The molecule has 34 nitrogen and oxygen atoms in total. The van der Waals surface area contributed by atoms with Crippen molar-refractivity contribution >= 4 is 86.2 Å². The van der Waals surface area contributed by atoms with Gasteiger partial charge in [-0.2, -0.15) is 0 Å².